The molecule has 2 aromatic carbocycles. The highest BCUT2D eigenvalue weighted by Gasteiger charge is 2.01. The van der Waals surface area contributed by atoms with Gasteiger partial charge in [0.1, 0.15) is 24.0 Å². The lowest BCUT2D eigenvalue weighted by molar-refractivity contribution is 0.304. The highest BCUT2D eigenvalue weighted by atomic mass is 19.1. The Kier molecular flexibility index (Phi) is 5.30. The lowest BCUT2D eigenvalue weighted by atomic mass is 10.2. The van der Waals surface area contributed by atoms with Crippen LogP contribution in [0.4, 0.5) is 8.78 Å². The molecule has 0 unspecified atom stereocenters. The Bertz CT molecular complexity index is 634. The lowest BCUT2D eigenvalue weighted by Crippen LogP contribution is -1.97. The second-order valence-electron chi connectivity index (χ2n) is 4.37. The summed E-state index contributed by atoms with van der Waals surface area (Å²) in [5.41, 5.74) is 1.24. The Labute approximate surface area is 122 Å². The first-order chi connectivity index (χ1) is 10.2. The normalized spacial score (nSPS) is 9.86. The van der Waals surface area contributed by atoms with Crippen LogP contribution in [0.2, 0.25) is 0 Å². The summed E-state index contributed by atoms with van der Waals surface area (Å²) in [4.78, 5) is 0. The quantitative estimate of drug-likeness (QED) is 0.875. The summed E-state index contributed by atoms with van der Waals surface area (Å²) >= 11 is 0. The van der Waals surface area contributed by atoms with Gasteiger partial charge in [-0.15, -0.1) is 0 Å². The summed E-state index contributed by atoms with van der Waals surface area (Å²) in [6.07, 6.45) is 0.434. The molecule has 0 radical (unpaired) electrons. The van der Waals surface area contributed by atoms with Gasteiger partial charge in [0.25, 0.3) is 0 Å². The van der Waals surface area contributed by atoms with Crippen molar-refractivity contribution in [3.05, 3.63) is 65.2 Å². The van der Waals surface area contributed by atoms with Crippen molar-refractivity contribution in [2.45, 2.75) is 13.0 Å². The van der Waals surface area contributed by atoms with Gasteiger partial charge in [-0.2, -0.15) is 0 Å². The minimum atomic E-state index is -0.622. The van der Waals surface area contributed by atoms with E-state index in [2.05, 4.69) is 11.8 Å². The molecule has 0 saturated heterocycles. The van der Waals surface area contributed by atoms with Gasteiger partial charge in [0.2, 0.25) is 0 Å². The van der Waals surface area contributed by atoms with E-state index in [0.717, 1.165) is 11.6 Å². The van der Waals surface area contributed by atoms with E-state index < -0.39 is 11.6 Å². The summed E-state index contributed by atoms with van der Waals surface area (Å²) in [6, 6.07) is 10.3. The van der Waals surface area contributed by atoms with Crippen LogP contribution in [-0.2, 0) is 6.61 Å². The monoisotopic (exact) mass is 288 g/mol. The number of ether oxygens (including phenoxy) is 1. The van der Waals surface area contributed by atoms with Crippen LogP contribution in [-0.4, -0.2) is 11.7 Å². The summed E-state index contributed by atoms with van der Waals surface area (Å²) in [6.45, 7) is 0.128. The molecule has 2 nitrogen and oxygen atoms in total. The fourth-order valence-corrected chi connectivity index (χ4v) is 1.72. The fourth-order valence-electron chi connectivity index (χ4n) is 1.72. The zero-order valence-corrected chi connectivity index (χ0v) is 11.3. The standard InChI is InChI=1S/C17H14F2O2/c18-15-9-14(10-16(19)11-15)12-21-17-6-4-13(5-7-17)3-1-2-8-20/h4-7,9-11,20H,2,8,12H2. The van der Waals surface area contributed by atoms with Gasteiger partial charge >= 0.3 is 0 Å². The first-order valence-corrected chi connectivity index (χ1v) is 6.45. The second-order valence-corrected chi connectivity index (χ2v) is 4.37. The summed E-state index contributed by atoms with van der Waals surface area (Å²) in [5, 5.41) is 8.63. The third-order valence-electron chi connectivity index (χ3n) is 2.65. The molecule has 2 rings (SSSR count). The first kappa shape index (κ1) is 15.0. The molecule has 2 aromatic rings. The van der Waals surface area contributed by atoms with Gasteiger partial charge < -0.3 is 9.84 Å². The number of benzene rings is 2. The summed E-state index contributed by atoms with van der Waals surface area (Å²) in [7, 11) is 0. The largest absolute Gasteiger partial charge is 0.489 e. The highest BCUT2D eigenvalue weighted by molar-refractivity contribution is 5.38. The van der Waals surface area contributed by atoms with Crippen molar-refractivity contribution in [2.24, 2.45) is 0 Å². The zero-order chi connectivity index (χ0) is 15.1. The van der Waals surface area contributed by atoms with Gasteiger partial charge in [-0.05, 0) is 42.0 Å². The predicted octanol–water partition coefficient (Wildman–Crippen LogP) is 3.28. The predicted molar refractivity (Wildman–Crippen MR) is 75.7 cm³/mol. The van der Waals surface area contributed by atoms with Crippen LogP contribution < -0.4 is 4.74 Å². The minimum Gasteiger partial charge on any atom is -0.489 e. The Morgan fingerprint density at radius 1 is 1.00 bits per heavy atom. The van der Waals surface area contributed by atoms with Crippen LogP contribution in [0, 0.1) is 23.5 Å². The van der Waals surface area contributed by atoms with Crippen molar-refractivity contribution < 1.29 is 18.6 Å². The maximum atomic E-state index is 13.0. The van der Waals surface area contributed by atoms with Gasteiger partial charge in [0, 0.05) is 18.1 Å². The highest BCUT2D eigenvalue weighted by Crippen LogP contribution is 2.15. The van der Waals surface area contributed by atoms with Crippen molar-refractivity contribution in [3.8, 4) is 17.6 Å². The molecule has 0 amide bonds. The second kappa shape index (κ2) is 7.41. The van der Waals surface area contributed by atoms with Gasteiger partial charge in [-0.1, -0.05) is 11.8 Å². The third-order valence-corrected chi connectivity index (χ3v) is 2.65. The van der Waals surface area contributed by atoms with E-state index in [1.807, 2.05) is 0 Å². The topological polar surface area (TPSA) is 29.5 Å². The molecular weight excluding hydrogens is 274 g/mol. The molecule has 21 heavy (non-hydrogen) atoms. The molecule has 0 spiro atoms. The first-order valence-electron chi connectivity index (χ1n) is 6.45. The van der Waals surface area contributed by atoms with Crippen molar-refractivity contribution in [2.75, 3.05) is 6.61 Å². The number of halogens is 2. The van der Waals surface area contributed by atoms with E-state index in [1.165, 1.54) is 12.1 Å². The number of rotatable bonds is 4. The van der Waals surface area contributed by atoms with Crippen LogP contribution in [0.5, 0.6) is 5.75 Å². The average molecular weight is 288 g/mol. The Morgan fingerprint density at radius 2 is 1.67 bits per heavy atom. The van der Waals surface area contributed by atoms with Crippen LogP contribution >= 0.6 is 0 Å². The molecule has 0 bridgehead atoms. The molecule has 0 fully saturated rings. The molecule has 0 aliphatic carbocycles. The van der Waals surface area contributed by atoms with Crippen LogP contribution in [0.1, 0.15) is 17.5 Å². The SMILES string of the molecule is OCCC#Cc1ccc(OCc2cc(F)cc(F)c2)cc1. The van der Waals surface area contributed by atoms with E-state index in [1.54, 1.807) is 24.3 Å². The van der Waals surface area contributed by atoms with E-state index in [0.29, 0.717) is 17.7 Å². The van der Waals surface area contributed by atoms with Crippen molar-refractivity contribution >= 4 is 0 Å². The van der Waals surface area contributed by atoms with Crippen LogP contribution in [0.25, 0.3) is 0 Å². The Morgan fingerprint density at radius 3 is 2.29 bits per heavy atom. The number of aliphatic hydroxyl groups excluding tert-OH is 1. The van der Waals surface area contributed by atoms with E-state index in [9.17, 15) is 8.78 Å². The molecule has 0 aromatic heterocycles. The van der Waals surface area contributed by atoms with Crippen LogP contribution in [0.3, 0.4) is 0 Å². The summed E-state index contributed by atoms with van der Waals surface area (Å²) < 4.78 is 31.5. The zero-order valence-electron chi connectivity index (χ0n) is 11.3. The van der Waals surface area contributed by atoms with E-state index in [-0.39, 0.29) is 13.2 Å². The Hall–Kier alpha value is -2.38. The maximum Gasteiger partial charge on any atom is 0.126 e. The number of aliphatic hydroxyl groups is 1. The van der Waals surface area contributed by atoms with E-state index in [4.69, 9.17) is 9.84 Å². The van der Waals surface area contributed by atoms with Gasteiger partial charge in [-0.3, -0.25) is 0 Å². The fraction of sp³-hybridized carbons (Fsp3) is 0.176. The average Bonchev–Trinajstić information content (AvgIpc) is 2.46. The van der Waals surface area contributed by atoms with Crippen molar-refractivity contribution in [1.82, 2.24) is 0 Å². The molecule has 108 valence electrons. The molecule has 4 heteroatoms. The van der Waals surface area contributed by atoms with Gasteiger partial charge in [0.05, 0.1) is 6.61 Å². The number of hydrogen-bond acceptors (Lipinski definition) is 2. The van der Waals surface area contributed by atoms with Crippen molar-refractivity contribution in [3.63, 3.8) is 0 Å². The van der Waals surface area contributed by atoms with Crippen molar-refractivity contribution in [1.29, 1.82) is 0 Å². The molecule has 0 heterocycles. The number of hydrogen-bond donors (Lipinski definition) is 1. The molecule has 0 aliphatic rings. The smallest absolute Gasteiger partial charge is 0.126 e. The van der Waals surface area contributed by atoms with Gasteiger partial charge in [0.15, 0.2) is 0 Å². The van der Waals surface area contributed by atoms with Crippen LogP contribution in [0.15, 0.2) is 42.5 Å². The Balaban J connectivity index is 1.96. The summed E-state index contributed by atoms with van der Waals surface area (Å²) in [5.74, 6) is 5.06. The minimum absolute atomic E-state index is 0.0401. The lowest BCUT2D eigenvalue weighted by Gasteiger charge is -2.06. The third kappa shape index (κ3) is 4.90. The molecule has 0 saturated carbocycles. The van der Waals surface area contributed by atoms with Gasteiger partial charge in [-0.25, -0.2) is 8.78 Å². The molecule has 0 aliphatic heterocycles. The molecule has 0 atom stereocenters. The molecular formula is C17H14F2O2. The van der Waals surface area contributed by atoms with E-state index >= 15 is 0 Å². The molecule has 1 N–H and O–H groups in total. The maximum absolute atomic E-state index is 13.0.